The standard InChI is InChI=1S/C16H13ClN2O5/c17-13-6-10(4-5-14(13)24-9-15(21)22)8-18-19-16(23)11-2-1-3-12(20)7-11/h1-8,20H,9H2,(H,19,23)(H,21,22)/b18-8+. The predicted octanol–water partition coefficient (Wildman–Crippen LogP) is 2.27. The van der Waals surface area contributed by atoms with E-state index in [1.807, 2.05) is 0 Å². The quantitative estimate of drug-likeness (QED) is 0.548. The van der Waals surface area contributed by atoms with E-state index in [2.05, 4.69) is 10.5 Å². The highest BCUT2D eigenvalue weighted by molar-refractivity contribution is 6.32. The van der Waals surface area contributed by atoms with Gasteiger partial charge in [0.2, 0.25) is 0 Å². The Morgan fingerprint density at radius 1 is 1.25 bits per heavy atom. The Hall–Kier alpha value is -3.06. The van der Waals surface area contributed by atoms with Gasteiger partial charge in [-0.1, -0.05) is 17.7 Å². The van der Waals surface area contributed by atoms with Crippen molar-refractivity contribution in [1.29, 1.82) is 0 Å². The number of nitrogens with one attached hydrogen (secondary N) is 1. The molecule has 0 saturated heterocycles. The first kappa shape index (κ1) is 17.3. The van der Waals surface area contributed by atoms with E-state index >= 15 is 0 Å². The van der Waals surface area contributed by atoms with Crippen LogP contribution < -0.4 is 10.2 Å². The van der Waals surface area contributed by atoms with E-state index in [9.17, 15) is 14.7 Å². The normalized spacial score (nSPS) is 10.5. The molecule has 124 valence electrons. The van der Waals surface area contributed by atoms with Crippen molar-refractivity contribution in [3.63, 3.8) is 0 Å². The summed E-state index contributed by atoms with van der Waals surface area (Å²) >= 11 is 5.97. The Labute approximate surface area is 142 Å². The molecule has 0 saturated carbocycles. The minimum absolute atomic E-state index is 0.0182. The Morgan fingerprint density at radius 3 is 2.71 bits per heavy atom. The van der Waals surface area contributed by atoms with Crippen molar-refractivity contribution in [2.24, 2.45) is 5.10 Å². The summed E-state index contributed by atoms with van der Waals surface area (Å²) in [5, 5.41) is 21.9. The number of carboxylic acid groups (broad SMARTS) is 1. The molecule has 1 amide bonds. The molecule has 0 aliphatic rings. The first-order valence-electron chi connectivity index (χ1n) is 6.72. The molecule has 7 nitrogen and oxygen atoms in total. The number of halogens is 1. The fourth-order valence-electron chi connectivity index (χ4n) is 1.73. The number of carbonyl (C=O) groups is 2. The second kappa shape index (κ2) is 7.98. The fraction of sp³-hybridized carbons (Fsp3) is 0.0625. The number of benzene rings is 2. The van der Waals surface area contributed by atoms with E-state index in [1.54, 1.807) is 12.1 Å². The van der Waals surface area contributed by atoms with Crippen LogP contribution in [0.4, 0.5) is 0 Å². The average Bonchev–Trinajstić information content (AvgIpc) is 2.53. The van der Waals surface area contributed by atoms with Gasteiger partial charge in [0.25, 0.3) is 5.91 Å². The van der Waals surface area contributed by atoms with E-state index in [1.165, 1.54) is 36.5 Å². The van der Waals surface area contributed by atoms with Crippen molar-refractivity contribution in [3.05, 3.63) is 58.6 Å². The summed E-state index contributed by atoms with van der Waals surface area (Å²) < 4.78 is 5.00. The smallest absolute Gasteiger partial charge is 0.341 e. The van der Waals surface area contributed by atoms with Crippen LogP contribution in [-0.4, -0.2) is 34.9 Å². The monoisotopic (exact) mass is 348 g/mol. The average molecular weight is 349 g/mol. The van der Waals surface area contributed by atoms with Gasteiger partial charge in [-0.25, -0.2) is 10.2 Å². The summed E-state index contributed by atoms with van der Waals surface area (Å²) in [4.78, 5) is 22.3. The van der Waals surface area contributed by atoms with Crippen molar-refractivity contribution in [3.8, 4) is 11.5 Å². The number of phenols is 1. The first-order chi connectivity index (χ1) is 11.5. The zero-order chi connectivity index (χ0) is 17.5. The maximum absolute atomic E-state index is 11.8. The number of nitrogens with zero attached hydrogens (tertiary/aromatic N) is 1. The highest BCUT2D eigenvalue weighted by Gasteiger charge is 2.06. The lowest BCUT2D eigenvalue weighted by molar-refractivity contribution is -0.139. The minimum Gasteiger partial charge on any atom is -0.508 e. The summed E-state index contributed by atoms with van der Waals surface area (Å²) in [6, 6.07) is 10.5. The van der Waals surface area contributed by atoms with Gasteiger partial charge in [-0.2, -0.15) is 5.10 Å². The highest BCUT2D eigenvalue weighted by Crippen LogP contribution is 2.24. The van der Waals surface area contributed by atoms with E-state index < -0.39 is 18.5 Å². The Kier molecular flexibility index (Phi) is 5.75. The summed E-state index contributed by atoms with van der Waals surface area (Å²) in [6.45, 7) is -0.493. The number of hydrazone groups is 1. The first-order valence-corrected chi connectivity index (χ1v) is 7.10. The lowest BCUT2D eigenvalue weighted by atomic mass is 10.2. The van der Waals surface area contributed by atoms with Gasteiger partial charge < -0.3 is 14.9 Å². The van der Waals surface area contributed by atoms with Crippen molar-refractivity contribution in [2.45, 2.75) is 0 Å². The molecule has 2 aromatic rings. The molecule has 0 aliphatic carbocycles. The van der Waals surface area contributed by atoms with Crippen LogP contribution in [0.5, 0.6) is 11.5 Å². The SMILES string of the molecule is O=C(O)COc1ccc(/C=N/NC(=O)c2cccc(O)c2)cc1Cl. The number of hydrogen-bond acceptors (Lipinski definition) is 5. The second-order valence-electron chi connectivity index (χ2n) is 4.62. The number of amides is 1. The third kappa shape index (κ3) is 4.99. The Balaban J connectivity index is 1.98. The number of phenolic OH excluding ortho intramolecular Hbond substituents is 1. The van der Waals surface area contributed by atoms with Crippen molar-refractivity contribution in [1.82, 2.24) is 5.43 Å². The van der Waals surface area contributed by atoms with Crippen LogP contribution in [0.1, 0.15) is 15.9 Å². The van der Waals surface area contributed by atoms with Crippen LogP contribution in [0.15, 0.2) is 47.6 Å². The van der Waals surface area contributed by atoms with Crippen molar-refractivity contribution in [2.75, 3.05) is 6.61 Å². The molecule has 2 aromatic carbocycles. The van der Waals surface area contributed by atoms with E-state index in [0.29, 0.717) is 5.56 Å². The molecule has 0 aromatic heterocycles. The number of aromatic hydroxyl groups is 1. The predicted molar refractivity (Wildman–Crippen MR) is 87.7 cm³/mol. The van der Waals surface area contributed by atoms with Crippen molar-refractivity contribution < 1.29 is 24.5 Å². The van der Waals surface area contributed by atoms with Gasteiger partial charge in [-0.05, 0) is 42.0 Å². The zero-order valence-electron chi connectivity index (χ0n) is 12.3. The summed E-state index contributed by atoms with van der Waals surface area (Å²) in [5.41, 5.74) is 3.16. The third-order valence-electron chi connectivity index (χ3n) is 2.80. The third-order valence-corrected chi connectivity index (χ3v) is 3.09. The van der Waals surface area contributed by atoms with Crippen LogP contribution in [0, 0.1) is 0 Å². The van der Waals surface area contributed by atoms with Gasteiger partial charge in [0.1, 0.15) is 11.5 Å². The van der Waals surface area contributed by atoms with Gasteiger partial charge in [0.15, 0.2) is 6.61 Å². The maximum atomic E-state index is 11.8. The summed E-state index contributed by atoms with van der Waals surface area (Å²) in [6.07, 6.45) is 1.37. The molecular weight excluding hydrogens is 336 g/mol. The number of hydrogen-bond donors (Lipinski definition) is 3. The number of carbonyl (C=O) groups excluding carboxylic acids is 1. The molecule has 0 fully saturated rings. The summed E-state index contributed by atoms with van der Waals surface area (Å²) in [5.74, 6) is -1.36. The van der Waals surface area contributed by atoms with Crippen molar-refractivity contribution >= 4 is 29.7 Å². The Morgan fingerprint density at radius 2 is 2.04 bits per heavy atom. The van der Waals surface area contributed by atoms with Gasteiger partial charge in [-0.3, -0.25) is 4.79 Å². The van der Waals surface area contributed by atoms with Crippen LogP contribution in [0.2, 0.25) is 5.02 Å². The largest absolute Gasteiger partial charge is 0.508 e. The lowest BCUT2D eigenvalue weighted by Crippen LogP contribution is -2.17. The molecule has 8 heteroatoms. The van der Waals surface area contributed by atoms with E-state index in [4.69, 9.17) is 21.4 Å². The molecule has 0 aliphatic heterocycles. The van der Waals surface area contributed by atoms with E-state index in [0.717, 1.165) is 0 Å². The second-order valence-corrected chi connectivity index (χ2v) is 5.03. The van der Waals surface area contributed by atoms with Crippen LogP contribution in [0.3, 0.4) is 0 Å². The molecule has 0 unspecified atom stereocenters. The maximum Gasteiger partial charge on any atom is 0.341 e. The molecule has 24 heavy (non-hydrogen) atoms. The number of aliphatic carboxylic acids is 1. The molecule has 2 rings (SSSR count). The topological polar surface area (TPSA) is 108 Å². The molecule has 0 heterocycles. The number of carboxylic acids is 1. The molecule has 0 atom stereocenters. The van der Waals surface area contributed by atoms with Gasteiger partial charge >= 0.3 is 5.97 Å². The van der Waals surface area contributed by atoms with Crippen LogP contribution >= 0.6 is 11.6 Å². The van der Waals surface area contributed by atoms with Crippen LogP contribution in [0.25, 0.3) is 0 Å². The Bertz CT molecular complexity index is 792. The lowest BCUT2D eigenvalue weighted by Gasteiger charge is -2.06. The fourth-order valence-corrected chi connectivity index (χ4v) is 1.97. The van der Waals surface area contributed by atoms with Gasteiger partial charge in [0, 0.05) is 5.56 Å². The number of ether oxygens (including phenoxy) is 1. The van der Waals surface area contributed by atoms with E-state index in [-0.39, 0.29) is 22.1 Å². The van der Waals surface area contributed by atoms with Gasteiger partial charge in [-0.15, -0.1) is 0 Å². The molecule has 3 N–H and O–H groups in total. The zero-order valence-corrected chi connectivity index (χ0v) is 13.0. The molecular formula is C16H13ClN2O5. The molecule has 0 spiro atoms. The number of rotatable bonds is 6. The highest BCUT2D eigenvalue weighted by atomic mass is 35.5. The van der Waals surface area contributed by atoms with Gasteiger partial charge in [0.05, 0.1) is 11.2 Å². The van der Waals surface area contributed by atoms with Crippen LogP contribution in [-0.2, 0) is 4.79 Å². The molecule has 0 bridgehead atoms. The minimum atomic E-state index is -1.11. The summed E-state index contributed by atoms with van der Waals surface area (Å²) in [7, 11) is 0. The molecule has 0 radical (unpaired) electrons.